The number of benzene rings is 3. The Morgan fingerprint density at radius 1 is 0.917 bits per heavy atom. The van der Waals surface area contributed by atoms with Gasteiger partial charge in [-0.25, -0.2) is 0 Å². The lowest BCUT2D eigenvalue weighted by atomic mass is 9.99. The van der Waals surface area contributed by atoms with Gasteiger partial charge in [0.1, 0.15) is 11.8 Å². The standard InChI is InChI=1S/C31H38N2O3/c1-22(2)20-32-31(35)29(18-25-10-7-6-8-11-25)33(21-26-12-9-13-28(17-26)36-5)30(34)19-27-16-23(3)14-15-24(27)4/h6-17,22,29H,18-21H2,1-5H3,(H,32,35). The van der Waals surface area contributed by atoms with Crippen molar-refractivity contribution in [2.45, 2.75) is 53.1 Å². The number of hydrogen-bond acceptors (Lipinski definition) is 3. The number of rotatable bonds is 11. The van der Waals surface area contributed by atoms with Crippen LogP contribution in [0.2, 0.25) is 0 Å². The SMILES string of the molecule is COc1cccc(CN(C(=O)Cc2cc(C)ccc2C)C(Cc2ccccc2)C(=O)NCC(C)C)c1. The Kier molecular flexibility index (Phi) is 9.69. The van der Waals surface area contributed by atoms with Gasteiger partial charge in [-0.15, -0.1) is 0 Å². The van der Waals surface area contributed by atoms with Crippen LogP contribution in [-0.2, 0) is 29.0 Å². The molecule has 0 spiro atoms. The van der Waals surface area contributed by atoms with Crippen LogP contribution in [0.25, 0.3) is 0 Å². The second-order valence-corrected chi connectivity index (χ2v) is 9.82. The van der Waals surface area contributed by atoms with E-state index in [1.807, 2.05) is 74.5 Å². The third kappa shape index (κ3) is 7.70. The molecule has 0 aliphatic rings. The number of aryl methyl sites for hydroxylation is 2. The van der Waals surface area contributed by atoms with E-state index in [1.165, 1.54) is 0 Å². The van der Waals surface area contributed by atoms with Gasteiger partial charge in [0.25, 0.3) is 0 Å². The minimum atomic E-state index is -0.644. The zero-order valence-electron chi connectivity index (χ0n) is 22.1. The van der Waals surface area contributed by atoms with Crippen LogP contribution in [-0.4, -0.2) is 36.4 Å². The molecule has 0 radical (unpaired) electrons. The van der Waals surface area contributed by atoms with Crippen LogP contribution >= 0.6 is 0 Å². The summed E-state index contributed by atoms with van der Waals surface area (Å²) < 4.78 is 5.41. The molecular weight excluding hydrogens is 448 g/mol. The molecule has 0 saturated carbocycles. The number of methoxy groups -OCH3 is 1. The molecule has 0 heterocycles. The topological polar surface area (TPSA) is 58.6 Å². The summed E-state index contributed by atoms with van der Waals surface area (Å²) in [5, 5.41) is 3.07. The predicted molar refractivity (Wildman–Crippen MR) is 145 cm³/mol. The molecule has 0 bridgehead atoms. The van der Waals surface area contributed by atoms with E-state index < -0.39 is 6.04 Å². The molecule has 2 amide bonds. The zero-order valence-corrected chi connectivity index (χ0v) is 22.1. The number of carbonyl (C=O) groups excluding carboxylic acids is 2. The Balaban J connectivity index is 2.00. The van der Waals surface area contributed by atoms with E-state index in [0.29, 0.717) is 25.4 Å². The van der Waals surface area contributed by atoms with Crippen molar-refractivity contribution in [2.24, 2.45) is 5.92 Å². The highest BCUT2D eigenvalue weighted by molar-refractivity contribution is 5.89. The molecule has 3 rings (SSSR count). The van der Waals surface area contributed by atoms with Gasteiger partial charge in [0.2, 0.25) is 11.8 Å². The third-order valence-corrected chi connectivity index (χ3v) is 6.29. The normalized spacial score (nSPS) is 11.7. The maximum absolute atomic E-state index is 13.9. The quantitative estimate of drug-likeness (QED) is 0.402. The molecule has 36 heavy (non-hydrogen) atoms. The molecule has 3 aromatic carbocycles. The van der Waals surface area contributed by atoms with Gasteiger partial charge in [0.05, 0.1) is 13.5 Å². The molecule has 1 N–H and O–H groups in total. The highest BCUT2D eigenvalue weighted by Crippen LogP contribution is 2.20. The molecule has 190 valence electrons. The smallest absolute Gasteiger partial charge is 0.243 e. The minimum absolute atomic E-state index is 0.0767. The first-order valence-corrected chi connectivity index (χ1v) is 12.6. The summed E-state index contributed by atoms with van der Waals surface area (Å²) in [6.45, 7) is 9.04. The first kappa shape index (κ1) is 27.0. The summed E-state index contributed by atoms with van der Waals surface area (Å²) in [7, 11) is 1.63. The average Bonchev–Trinajstić information content (AvgIpc) is 2.87. The zero-order chi connectivity index (χ0) is 26.1. The van der Waals surface area contributed by atoms with Gasteiger partial charge in [0.15, 0.2) is 0 Å². The average molecular weight is 487 g/mol. The van der Waals surface area contributed by atoms with Gasteiger partial charge >= 0.3 is 0 Å². The van der Waals surface area contributed by atoms with Crippen molar-refractivity contribution in [1.82, 2.24) is 10.2 Å². The van der Waals surface area contributed by atoms with Crippen molar-refractivity contribution >= 4 is 11.8 Å². The van der Waals surface area contributed by atoms with Crippen molar-refractivity contribution < 1.29 is 14.3 Å². The minimum Gasteiger partial charge on any atom is -0.497 e. The molecule has 5 heteroatoms. The van der Waals surface area contributed by atoms with Crippen LogP contribution in [0.4, 0.5) is 0 Å². The number of ether oxygens (including phenoxy) is 1. The van der Waals surface area contributed by atoms with E-state index in [0.717, 1.165) is 33.6 Å². The number of amides is 2. The van der Waals surface area contributed by atoms with Crippen LogP contribution in [0.15, 0.2) is 72.8 Å². The Labute approximate surface area is 215 Å². The molecule has 1 unspecified atom stereocenters. The van der Waals surface area contributed by atoms with Crippen molar-refractivity contribution in [2.75, 3.05) is 13.7 Å². The fourth-order valence-electron chi connectivity index (χ4n) is 4.20. The summed E-state index contributed by atoms with van der Waals surface area (Å²) in [4.78, 5) is 29.2. The Hall–Kier alpha value is -3.60. The number of nitrogens with zero attached hydrogens (tertiary/aromatic N) is 1. The molecule has 0 aliphatic carbocycles. The second kappa shape index (κ2) is 12.9. The second-order valence-electron chi connectivity index (χ2n) is 9.82. The Morgan fingerprint density at radius 2 is 1.64 bits per heavy atom. The van der Waals surface area contributed by atoms with Crippen LogP contribution in [0.5, 0.6) is 5.75 Å². The lowest BCUT2D eigenvalue weighted by molar-refractivity contribution is -0.140. The first-order valence-electron chi connectivity index (χ1n) is 12.6. The summed E-state index contributed by atoms with van der Waals surface area (Å²) in [6.07, 6.45) is 0.674. The maximum atomic E-state index is 13.9. The molecule has 1 atom stereocenters. The lowest BCUT2D eigenvalue weighted by Crippen LogP contribution is -2.51. The van der Waals surface area contributed by atoms with Crippen molar-refractivity contribution in [3.63, 3.8) is 0 Å². The monoisotopic (exact) mass is 486 g/mol. The van der Waals surface area contributed by atoms with Crippen LogP contribution < -0.4 is 10.1 Å². The molecule has 5 nitrogen and oxygen atoms in total. The van der Waals surface area contributed by atoms with Gasteiger partial charge in [-0.1, -0.05) is 80.1 Å². The van der Waals surface area contributed by atoms with Crippen LogP contribution in [0.1, 0.15) is 41.7 Å². The highest BCUT2D eigenvalue weighted by Gasteiger charge is 2.30. The van der Waals surface area contributed by atoms with E-state index in [4.69, 9.17) is 4.74 Å². The third-order valence-electron chi connectivity index (χ3n) is 6.29. The molecule has 0 aliphatic heterocycles. The molecule has 0 fully saturated rings. The first-order chi connectivity index (χ1) is 17.3. The predicted octanol–water partition coefficient (Wildman–Crippen LogP) is 5.27. The largest absolute Gasteiger partial charge is 0.497 e. The summed E-state index contributed by atoms with van der Waals surface area (Å²) in [5.41, 5.74) is 5.09. The fraction of sp³-hybridized carbons (Fsp3) is 0.355. The van der Waals surface area contributed by atoms with Gasteiger partial charge < -0.3 is 15.0 Å². The molecular formula is C31H38N2O3. The van der Waals surface area contributed by atoms with Gasteiger partial charge in [-0.05, 0) is 54.2 Å². The highest BCUT2D eigenvalue weighted by atomic mass is 16.5. The van der Waals surface area contributed by atoms with E-state index in [9.17, 15) is 9.59 Å². The summed E-state index contributed by atoms with van der Waals surface area (Å²) in [6, 6.07) is 23.1. The number of carbonyl (C=O) groups is 2. The summed E-state index contributed by atoms with van der Waals surface area (Å²) in [5.74, 6) is 0.819. The Bertz CT molecular complexity index is 1160. The van der Waals surface area contributed by atoms with E-state index in [-0.39, 0.29) is 18.2 Å². The van der Waals surface area contributed by atoms with Crippen LogP contribution in [0.3, 0.4) is 0 Å². The van der Waals surface area contributed by atoms with Gasteiger partial charge in [-0.3, -0.25) is 9.59 Å². The van der Waals surface area contributed by atoms with E-state index in [1.54, 1.807) is 12.0 Å². The van der Waals surface area contributed by atoms with Gasteiger partial charge in [0, 0.05) is 19.5 Å². The molecule has 0 saturated heterocycles. The van der Waals surface area contributed by atoms with Crippen LogP contribution in [0, 0.1) is 19.8 Å². The van der Waals surface area contributed by atoms with Crippen molar-refractivity contribution in [3.8, 4) is 5.75 Å². The number of hydrogen-bond donors (Lipinski definition) is 1. The van der Waals surface area contributed by atoms with E-state index >= 15 is 0 Å². The lowest BCUT2D eigenvalue weighted by Gasteiger charge is -2.32. The maximum Gasteiger partial charge on any atom is 0.243 e. The Morgan fingerprint density at radius 3 is 2.33 bits per heavy atom. The van der Waals surface area contributed by atoms with Crippen molar-refractivity contribution in [1.29, 1.82) is 0 Å². The van der Waals surface area contributed by atoms with E-state index in [2.05, 4.69) is 31.3 Å². The number of nitrogens with one attached hydrogen (secondary N) is 1. The molecule has 3 aromatic rings. The molecule has 0 aromatic heterocycles. The summed E-state index contributed by atoms with van der Waals surface area (Å²) >= 11 is 0. The fourth-order valence-corrected chi connectivity index (χ4v) is 4.20. The van der Waals surface area contributed by atoms with Crippen molar-refractivity contribution in [3.05, 3.63) is 101 Å². The van der Waals surface area contributed by atoms with Gasteiger partial charge in [-0.2, -0.15) is 0 Å².